The molecular formula is C15H22F2O4. The summed E-state index contributed by atoms with van der Waals surface area (Å²) in [6.07, 6.45) is 2.23. The summed E-state index contributed by atoms with van der Waals surface area (Å²) in [5.74, 6) is -6.73. The molecule has 4 fully saturated rings. The van der Waals surface area contributed by atoms with E-state index in [1.165, 1.54) is 0 Å². The lowest BCUT2D eigenvalue weighted by Crippen LogP contribution is -2.60. The Bertz CT molecular complexity index is 399. The summed E-state index contributed by atoms with van der Waals surface area (Å²) in [6.45, 7) is 3.31. The molecule has 0 aromatic rings. The van der Waals surface area contributed by atoms with Crippen molar-refractivity contribution in [2.45, 2.75) is 57.3 Å². The van der Waals surface area contributed by atoms with E-state index >= 15 is 0 Å². The van der Waals surface area contributed by atoms with E-state index in [1.54, 1.807) is 0 Å². The second-order valence-corrected chi connectivity index (χ2v) is 6.91. The first-order valence-corrected chi connectivity index (χ1v) is 7.68. The molecule has 4 nitrogen and oxygen atoms in total. The summed E-state index contributed by atoms with van der Waals surface area (Å²) in [4.78, 5) is 11.7. The number of fused-ring (bicyclic) bond motifs is 3. The third-order valence-electron chi connectivity index (χ3n) is 4.76. The summed E-state index contributed by atoms with van der Waals surface area (Å²) in [5, 5.41) is 0. The molecule has 0 aromatic heterocycles. The van der Waals surface area contributed by atoms with Crippen LogP contribution in [0.3, 0.4) is 0 Å². The number of Topliss-reactive ketones (excluding diaryl/α,β-unsaturated/α-hetero) is 1. The highest BCUT2D eigenvalue weighted by atomic mass is 19.3. The lowest BCUT2D eigenvalue weighted by molar-refractivity contribution is -0.472. The predicted octanol–water partition coefficient (Wildman–Crippen LogP) is 2.90. The van der Waals surface area contributed by atoms with Crippen LogP contribution in [0.15, 0.2) is 0 Å². The zero-order valence-corrected chi connectivity index (χ0v) is 12.3. The Hall–Kier alpha value is -0.590. The van der Waals surface area contributed by atoms with Crippen LogP contribution in [-0.2, 0) is 19.0 Å². The van der Waals surface area contributed by atoms with Gasteiger partial charge in [0.15, 0.2) is 0 Å². The Labute approximate surface area is 123 Å². The van der Waals surface area contributed by atoms with E-state index in [2.05, 4.69) is 0 Å². The fraction of sp³-hybridized carbons (Fsp3) is 0.933. The van der Waals surface area contributed by atoms with E-state index in [4.69, 9.17) is 14.2 Å². The van der Waals surface area contributed by atoms with Crippen LogP contribution < -0.4 is 0 Å². The average molecular weight is 304 g/mol. The highest BCUT2D eigenvalue weighted by molar-refractivity contribution is 5.86. The van der Waals surface area contributed by atoms with Crippen molar-refractivity contribution < 1.29 is 27.8 Å². The van der Waals surface area contributed by atoms with Crippen LogP contribution in [0.4, 0.5) is 8.78 Å². The predicted molar refractivity (Wildman–Crippen MR) is 69.8 cm³/mol. The number of ketones is 1. The minimum absolute atomic E-state index is 0.0445. The molecule has 1 saturated carbocycles. The summed E-state index contributed by atoms with van der Waals surface area (Å²) in [5.41, 5.74) is -0.193. The van der Waals surface area contributed by atoms with Crippen molar-refractivity contribution in [1.82, 2.24) is 0 Å². The van der Waals surface area contributed by atoms with E-state index < -0.39 is 23.6 Å². The molecule has 6 heteroatoms. The van der Waals surface area contributed by atoms with Crippen LogP contribution >= 0.6 is 0 Å². The van der Waals surface area contributed by atoms with Gasteiger partial charge in [-0.05, 0) is 12.8 Å². The normalized spacial score (nSPS) is 43.4. The quantitative estimate of drug-likeness (QED) is 0.787. The van der Waals surface area contributed by atoms with E-state index in [1.807, 2.05) is 6.92 Å². The van der Waals surface area contributed by atoms with Crippen molar-refractivity contribution in [3.05, 3.63) is 0 Å². The Balaban J connectivity index is 1.74. The minimum Gasteiger partial charge on any atom is -0.327 e. The van der Waals surface area contributed by atoms with E-state index in [0.717, 1.165) is 6.42 Å². The van der Waals surface area contributed by atoms with Gasteiger partial charge < -0.3 is 14.2 Å². The SMILES string of the molecule is CC12COC(CC3CCCCCC(=O)C3(F)F)(OC1)OC2. The monoisotopic (exact) mass is 304 g/mol. The summed E-state index contributed by atoms with van der Waals surface area (Å²) in [6, 6.07) is 0. The number of ether oxygens (including phenoxy) is 3. The fourth-order valence-corrected chi connectivity index (χ4v) is 3.24. The Morgan fingerprint density at radius 3 is 2.33 bits per heavy atom. The average Bonchev–Trinajstić information content (AvgIpc) is 2.46. The van der Waals surface area contributed by atoms with Gasteiger partial charge in [-0.1, -0.05) is 19.8 Å². The molecule has 21 heavy (non-hydrogen) atoms. The number of halogens is 2. The van der Waals surface area contributed by atoms with Crippen LogP contribution in [0.25, 0.3) is 0 Å². The third-order valence-corrected chi connectivity index (χ3v) is 4.76. The molecule has 2 bridgehead atoms. The number of alkyl halides is 2. The first kappa shape index (κ1) is 15.3. The first-order chi connectivity index (χ1) is 9.85. The number of carbonyl (C=O) groups excluding carboxylic acids is 1. The molecule has 0 amide bonds. The van der Waals surface area contributed by atoms with Crippen molar-refractivity contribution in [2.24, 2.45) is 11.3 Å². The maximum atomic E-state index is 14.3. The molecule has 1 unspecified atom stereocenters. The first-order valence-electron chi connectivity index (χ1n) is 7.68. The van der Waals surface area contributed by atoms with Gasteiger partial charge in [-0.15, -0.1) is 0 Å². The molecule has 4 aliphatic rings. The van der Waals surface area contributed by atoms with Gasteiger partial charge in [0.1, 0.15) is 0 Å². The molecule has 1 atom stereocenters. The van der Waals surface area contributed by atoms with Gasteiger partial charge in [-0.25, -0.2) is 0 Å². The second-order valence-electron chi connectivity index (χ2n) is 6.91. The summed E-state index contributed by atoms with van der Waals surface area (Å²) in [7, 11) is 0. The Morgan fingerprint density at radius 1 is 1.10 bits per heavy atom. The lowest BCUT2D eigenvalue weighted by Gasteiger charge is -2.51. The zero-order chi connectivity index (χ0) is 15.1. The fourth-order valence-electron chi connectivity index (χ4n) is 3.24. The van der Waals surface area contributed by atoms with E-state index in [-0.39, 0.29) is 18.3 Å². The van der Waals surface area contributed by atoms with Gasteiger partial charge in [-0.2, -0.15) is 8.78 Å². The largest absolute Gasteiger partial charge is 0.327 e. The molecule has 0 N–H and O–H groups in total. The molecule has 0 spiro atoms. The van der Waals surface area contributed by atoms with Gasteiger partial charge in [0.05, 0.1) is 19.8 Å². The maximum Gasteiger partial charge on any atom is 0.308 e. The van der Waals surface area contributed by atoms with Crippen molar-refractivity contribution in [1.29, 1.82) is 0 Å². The van der Waals surface area contributed by atoms with Crippen molar-refractivity contribution in [2.75, 3.05) is 19.8 Å². The van der Waals surface area contributed by atoms with Crippen LogP contribution in [0.5, 0.6) is 0 Å². The zero-order valence-electron chi connectivity index (χ0n) is 12.3. The molecule has 0 aromatic carbocycles. The Morgan fingerprint density at radius 2 is 1.71 bits per heavy atom. The third kappa shape index (κ3) is 2.85. The van der Waals surface area contributed by atoms with Crippen molar-refractivity contribution in [3.8, 4) is 0 Å². The smallest absolute Gasteiger partial charge is 0.308 e. The van der Waals surface area contributed by atoms with Gasteiger partial charge >= 0.3 is 5.92 Å². The molecule has 3 aliphatic heterocycles. The van der Waals surface area contributed by atoms with Gasteiger partial charge in [0.2, 0.25) is 5.78 Å². The molecule has 3 saturated heterocycles. The van der Waals surface area contributed by atoms with E-state index in [0.29, 0.717) is 39.1 Å². The van der Waals surface area contributed by atoms with Crippen molar-refractivity contribution in [3.63, 3.8) is 0 Å². The standard InChI is InChI=1S/C15H22F2O4/c1-13-8-19-14(20-9-13,21-10-13)7-11-5-3-2-4-6-12(18)15(11,16)17/h11H,2-10H2,1H3. The van der Waals surface area contributed by atoms with Crippen molar-refractivity contribution >= 4 is 5.78 Å². The van der Waals surface area contributed by atoms with Gasteiger partial charge in [0, 0.05) is 24.2 Å². The van der Waals surface area contributed by atoms with Crippen LogP contribution in [0.2, 0.25) is 0 Å². The second kappa shape index (κ2) is 5.25. The maximum absolute atomic E-state index is 14.3. The highest BCUT2D eigenvalue weighted by Crippen LogP contribution is 2.45. The highest BCUT2D eigenvalue weighted by Gasteiger charge is 2.56. The van der Waals surface area contributed by atoms with Crippen LogP contribution in [0, 0.1) is 11.3 Å². The lowest BCUT2D eigenvalue weighted by atomic mass is 9.83. The molecule has 0 radical (unpaired) electrons. The molecule has 3 heterocycles. The molecule has 4 rings (SSSR count). The molecule has 120 valence electrons. The van der Waals surface area contributed by atoms with Gasteiger partial charge in [-0.3, -0.25) is 4.79 Å². The number of hydrogen-bond acceptors (Lipinski definition) is 4. The summed E-state index contributed by atoms with van der Waals surface area (Å²) < 4.78 is 45.4. The van der Waals surface area contributed by atoms with E-state index in [9.17, 15) is 13.6 Å². The minimum atomic E-state index is -3.32. The Kier molecular flexibility index (Phi) is 3.83. The topological polar surface area (TPSA) is 44.8 Å². The molecular weight excluding hydrogens is 282 g/mol. The van der Waals surface area contributed by atoms with Gasteiger partial charge in [0.25, 0.3) is 5.97 Å². The number of hydrogen-bond donors (Lipinski definition) is 0. The summed E-state index contributed by atoms with van der Waals surface area (Å²) >= 11 is 0. The van der Waals surface area contributed by atoms with Crippen LogP contribution in [-0.4, -0.2) is 37.5 Å². The number of carbonyl (C=O) groups is 1. The molecule has 1 aliphatic carbocycles. The van der Waals surface area contributed by atoms with Crippen LogP contribution in [0.1, 0.15) is 45.4 Å². The number of rotatable bonds is 2.